The summed E-state index contributed by atoms with van der Waals surface area (Å²) in [6.45, 7) is 1.71. The molecule has 4 rings (SSSR count). The Kier molecular flexibility index (Phi) is 3.77. The first-order valence-electron chi connectivity index (χ1n) is 8.09. The van der Waals surface area contributed by atoms with Crippen LogP contribution in [0.5, 0.6) is 0 Å². The van der Waals surface area contributed by atoms with Gasteiger partial charge in [-0.15, -0.1) is 0 Å². The molecule has 1 aromatic carbocycles. The van der Waals surface area contributed by atoms with E-state index in [0.29, 0.717) is 24.8 Å². The van der Waals surface area contributed by atoms with Gasteiger partial charge in [-0.2, -0.15) is 0 Å². The van der Waals surface area contributed by atoms with Crippen LogP contribution in [0.2, 0.25) is 5.02 Å². The molecule has 23 heavy (non-hydrogen) atoms. The lowest BCUT2D eigenvalue weighted by Crippen LogP contribution is -2.51. The maximum absolute atomic E-state index is 12.9. The Bertz CT molecular complexity index is 617. The predicted molar refractivity (Wildman–Crippen MR) is 86.4 cm³/mol. The van der Waals surface area contributed by atoms with Crippen LogP contribution in [-0.4, -0.2) is 48.6 Å². The summed E-state index contributed by atoms with van der Waals surface area (Å²) in [4.78, 5) is 28.9. The molecule has 3 saturated heterocycles. The van der Waals surface area contributed by atoms with Gasteiger partial charge in [0.1, 0.15) is 0 Å². The van der Waals surface area contributed by atoms with Crippen molar-refractivity contribution in [2.24, 2.45) is 5.92 Å². The van der Waals surface area contributed by atoms with Crippen LogP contribution in [0.15, 0.2) is 24.3 Å². The normalized spacial score (nSPS) is 30.1. The number of benzene rings is 1. The fraction of sp³-hybridized carbons (Fsp3) is 0.529. The third-order valence-electron chi connectivity index (χ3n) is 5.11. The zero-order valence-corrected chi connectivity index (χ0v) is 13.5. The summed E-state index contributed by atoms with van der Waals surface area (Å²) < 4.78 is 5.54. The molecule has 1 aromatic rings. The fourth-order valence-corrected chi connectivity index (χ4v) is 4.07. The highest BCUT2D eigenvalue weighted by molar-refractivity contribution is 6.30. The van der Waals surface area contributed by atoms with E-state index in [1.165, 1.54) is 0 Å². The van der Waals surface area contributed by atoms with Crippen LogP contribution in [0.1, 0.15) is 19.3 Å². The molecule has 3 aliphatic rings. The minimum absolute atomic E-state index is 0.00581. The van der Waals surface area contributed by atoms with Crippen molar-refractivity contribution in [2.75, 3.05) is 24.7 Å². The summed E-state index contributed by atoms with van der Waals surface area (Å²) in [5.74, 6) is -0.128. The molecule has 3 atom stereocenters. The number of fused-ring (bicyclic) bond motifs is 2. The van der Waals surface area contributed by atoms with Crippen LogP contribution in [0.4, 0.5) is 5.69 Å². The van der Waals surface area contributed by atoms with Crippen molar-refractivity contribution in [2.45, 2.75) is 31.3 Å². The quantitative estimate of drug-likeness (QED) is 0.832. The molecular weight excluding hydrogens is 316 g/mol. The molecule has 0 spiro atoms. The molecule has 122 valence electrons. The van der Waals surface area contributed by atoms with Gasteiger partial charge in [0.25, 0.3) is 0 Å². The molecule has 3 fully saturated rings. The van der Waals surface area contributed by atoms with Crippen molar-refractivity contribution in [3.8, 4) is 0 Å². The van der Waals surface area contributed by atoms with E-state index >= 15 is 0 Å². The Morgan fingerprint density at radius 1 is 1.13 bits per heavy atom. The predicted octanol–water partition coefficient (Wildman–Crippen LogP) is 2.08. The summed E-state index contributed by atoms with van der Waals surface area (Å²) in [7, 11) is 0. The molecule has 2 bridgehead atoms. The van der Waals surface area contributed by atoms with Gasteiger partial charge in [-0.05, 0) is 37.1 Å². The number of morpholine rings is 1. The van der Waals surface area contributed by atoms with Crippen molar-refractivity contribution in [1.29, 1.82) is 0 Å². The van der Waals surface area contributed by atoms with Crippen molar-refractivity contribution < 1.29 is 14.3 Å². The van der Waals surface area contributed by atoms with Crippen LogP contribution >= 0.6 is 11.6 Å². The lowest BCUT2D eigenvalue weighted by Gasteiger charge is -2.36. The first-order chi connectivity index (χ1) is 11.1. The number of ether oxygens (including phenoxy) is 1. The van der Waals surface area contributed by atoms with E-state index in [2.05, 4.69) is 0 Å². The van der Waals surface area contributed by atoms with Gasteiger partial charge >= 0.3 is 0 Å². The lowest BCUT2D eigenvalue weighted by atomic mass is 10.1. The van der Waals surface area contributed by atoms with Crippen molar-refractivity contribution in [1.82, 2.24) is 4.90 Å². The Labute approximate surface area is 140 Å². The van der Waals surface area contributed by atoms with Crippen LogP contribution in [-0.2, 0) is 14.3 Å². The number of nitrogens with zero attached hydrogens (tertiary/aromatic N) is 2. The van der Waals surface area contributed by atoms with E-state index in [1.54, 1.807) is 17.0 Å². The first-order valence-corrected chi connectivity index (χ1v) is 8.47. The average Bonchev–Trinajstić information content (AvgIpc) is 3.05. The topological polar surface area (TPSA) is 49.9 Å². The molecule has 0 unspecified atom stereocenters. The Hall–Kier alpha value is -1.59. The second-order valence-corrected chi connectivity index (χ2v) is 6.99. The molecule has 0 radical (unpaired) electrons. The number of amides is 2. The highest BCUT2D eigenvalue weighted by Crippen LogP contribution is 2.33. The molecule has 3 aliphatic heterocycles. The smallest absolute Gasteiger partial charge is 0.228 e. The first kappa shape index (κ1) is 15.0. The number of hydrogen-bond acceptors (Lipinski definition) is 3. The van der Waals surface area contributed by atoms with Gasteiger partial charge in [0.05, 0.1) is 31.2 Å². The molecule has 0 aliphatic carbocycles. The SMILES string of the molecule is O=C1C[C@H](C(=O)N2[C@H]3CC[C@H]2COC3)CN1c1ccc(Cl)cc1. The van der Waals surface area contributed by atoms with Crippen molar-refractivity contribution >= 4 is 29.1 Å². The number of anilines is 1. The third-order valence-corrected chi connectivity index (χ3v) is 5.36. The van der Waals surface area contributed by atoms with E-state index in [1.807, 2.05) is 17.0 Å². The molecule has 2 amide bonds. The zero-order chi connectivity index (χ0) is 16.0. The largest absolute Gasteiger partial charge is 0.377 e. The zero-order valence-electron chi connectivity index (χ0n) is 12.8. The molecule has 6 heteroatoms. The van der Waals surface area contributed by atoms with Crippen molar-refractivity contribution in [3.05, 3.63) is 29.3 Å². The minimum atomic E-state index is -0.251. The second-order valence-electron chi connectivity index (χ2n) is 6.55. The second kappa shape index (κ2) is 5.80. The van der Waals surface area contributed by atoms with Crippen LogP contribution < -0.4 is 4.90 Å². The average molecular weight is 335 g/mol. The summed E-state index contributed by atoms with van der Waals surface area (Å²) in [6, 6.07) is 7.57. The monoisotopic (exact) mass is 334 g/mol. The number of rotatable bonds is 2. The van der Waals surface area contributed by atoms with Gasteiger partial charge in [-0.3, -0.25) is 9.59 Å². The maximum Gasteiger partial charge on any atom is 0.228 e. The number of carbonyl (C=O) groups excluding carboxylic acids is 2. The highest BCUT2D eigenvalue weighted by atomic mass is 35.5. The summed E-state index contributed by atoms with van der Waals surface area (Å²) in [5.41, 5.74) is 0.805. The molecule has 0 aromatic heterocycles. The van der Waals surface area contributed by atoms with Gasteiger partial charge < -0.3 is 14.5 Å². The molecule has 5 nitrogen and oxygen atoms in total. The fourth-order valence-electron chi connectivity index (χ4n) is 3.94. The van der Waals surface area contributed by atoms with E-state index in [0.717, 1.165) is 18.5 Å². The summed E-state index contributed by atoms with van der Waals surface area (Å²) >= 11 is 5.90. The minimum Gasteiger partial charge on any atom is -0.377 e. The van der Waals surface area contributed by atoms with E-state index in [9.17, 15) is 9.59 Å². The van der Waals surface area contributed by atoms with E-state index in [4.69, 9.17) is 16.3 Å². The molecular formula is C17H19ClN2O3. The van der Waals surface area contributed by atoms with Crippen LogP contribution in [0.25, 0.3) is 0 Å². The summed E-state index contributed by atoms with van der Waals surface area (Å²) in [5, 5.41) is 0.637. The third kappa shape index (κ3) is 2.62. The molecule has 0 saturated carbocycles. The Morgan fingerprint density at radius 3 is 2.43 bits per heavy atom. The van der Waals surface area contributed by atoms with E-state index in [-0.39, 0.29) is 36.2 Å². The van der Waals surface area contributed by atoms with Crippen LogP contribution in [0.3, 0.4) is 0 Å². The maximum atomic E-state index is 12.9. The number of hydrogen-bond donors (Lipinski definition) is 0. The molecule has 3 heterocycles. The van der Waals surface area contributed by atoms with Gasteiger partial charge in [0.2, 0.25) is 11.8 Å². The highest BCUT2D eigenvalue weighted by Gasteiger charge is 2.45. The lowest BCUT2D eigenvalue weighted by molar-refractivity contribution is -0.145. The number of carbonyl (C=O) groups is 2. The standard InChI is InChI=1S/C17H19ClN2O3/c18-12-1-3-13(4-2-12)19-8-11(7-16(19)21)17(22)20-14-5-6-15(20)10-23-9-14/h1-4,11,14-15H,5-10H2/t11-,14-,15-/m0/s1. The Morgan fingerprint density at radius 2 is 1.78 bits per heavy atom. The van der Waals surface area contributed by atoms with Gasteiger partial charge in [-0.25, -0.2) is 0 Å². The van der Waals surface area contributed by atoms with Gasteiger partial charge in [0.15, 0.2) is 0 Å². The molecule has 0 N–H and O–H groups in total. The number of halogens is 1. The Balaban J connectivity index is 1.50. The van der Waals surface area contributed by atoms with E-state index < -0.39 is 0 Å². The van der Waals surface area contributed by atoms with Crippen LogP contribution in [0, 0.1) is 5.92 Å². The van der Waals surface area contributed by atoms with Gasteiger partial charge in [0, 0.05) is 23.7 Å². The van der Waals surface area contributed by atoms with Crippen molar-refractivity contribution in [3.63, 3.8) is 0 Å². The summed E-state index contributed by atoms with van der Waals surface area (Å²) in [6.07, 6.45) is 2.31. The van der Waals surface area contributed by atoms with Gasteiger partial charge in [-0.1, -0.05) is 11.6 Å².